The second kappa shape index (κ2) is 5.63. The Labute approximate surface area is 92.2 Å². The third-order valence-corrected chi connectivity index (χ3v) is 2.11. The summed E-state index contributed by atoms with van der Waals surface area (Å²) in [6, 6.07) is 2.94. The summed E-state index contributed by atoms with van der Waals surface area (Å²) in [7, 11) is 1.53. The van der Waals surface area contributed by atoms with Crippen molar-refractivity contribution in [1.82, 2.24) is 4.98 Å². The van der Waals surface area contributed by atoms with E-state index >= 15 is 0 Å². The van der Waals surface area contributed by atoms with Gasteiger partial charge < -0.3 is 4.74 Å². The van der Waals surface area contributed by atoms with Crippen molar-refractivity contribution in [3.8, 4) is 0 Å². The Morgan fingerprint density at radius 1 is 1.73 bits per heavy atom. The van der Waals surface area contributed by atoms with E-state index < -0.39 is 4.92 Å². The van der Waals surface area contributed by atoms with E-state index in [1.165, 1.54) is 25.4 Å². The van der Waals surface area contributed by atoms with Gasteiger partial charge in [0.05, 0.1) is 16.9 Å². The van der Waals surface area contributed by atoms with Crippen LogP contribution in [0.5, 0.6) is 0 Å². The van der Waals surface area contributed by atoms with Gasteiger partial charge in [0.25, 0.3) is 5.69 Å². The van der Waals surface area contributed by atoms with Crippen LogP contribution < -0.4 is 0 Å². The molecule has 6 heteroatoms. The minimum absolute atomic E-state index is 0.000692. The fourth-order valence-corrected chi connectivity index (χ4v) is 1.47. The van der Waals surface area contributed by atoms with Crippen LogP contribution in [0.2, 0.25) is 0 Å². The molecule has 82 valence electrons. The Morgan fingerprint density at radius 2 is 2.47 bits per heavy atom. The number of nitrogens with zero attached hydrogens (tertiary/aromatic N) is 2. The first-order valence-electron chi connectivity index (χ1n) is 4.36. The Hall–Kier alpha value is -1.20. The SMILES string of the molecule is COCC(Cl)Cc1ncccc1[N+](=O)[O-]. The molecule has 0 spiro atoms. The molecule has 0 saturated heterocycles. The first-order chi connectivity index (χ1) is 7.15. The number of aromatic nitrogens is 1. The van der Waals surface area contributed by atoms with E-state index in [0.29, 0.717) is 18.7 Å². The number of hydrogen-bond donors (Lipinski definition) is 0. The number of alkyl halides is 1. The van der Waals surface area contributed by atoms with Gasteiger partial charge in [-0.15, -0.1) is 11.6 Å². The highest BCUT2D eigenvalue weighted by Crippen LogP contribution is 2.18. The molecule has 0 aromatic carbocycles. The van der Waals surface area contributed by atoms with Crippen molar-refractivity contribution in [1.29, 1.82) is 0 Å². The van der Waals surface area contributed by atoms with Gasteiger partial charge in [0.2, 0.25) is 0 Å². The lowest BCUT2D eigenvalue weighted by molar-refractivity contribution is -0.385. The summed E-state index contributed by atoms with van der Waals surface area (Å²) >= 11 is 5.90. The highest BCUT2D eigenvalue weighted by atomic mass is 35.5. The van der Waals surface area contributed by atoms with Gasteiger partial charge in [-0.3, -0.25) is 15.1 Å². The van der Waals surface area contributed by atoms with Crippen LogP contribution in [-0.2, 0) is 11.2 Å². The normalized spacial score (nSPS) is 12.4. The van der Waals surface area contributed by atoms with Crippen molar-refractivity contribution in [2.24, 2.45) is 0 Å². The van der Waals surface area contributed by atoms with Crippen LogP contribution in [0.25, 0.3) is 0 Å². The van der Waals surface area contributed by atoms with E-state index in [4.69, 9.17) is 16.3 Å². The zero-order chi connectivity index (χ0) is 11.3. The van der Waals surface area contributed by atoms with Crippen LogP contribution in [-0.4, -0.2) is 29.0 Å². The standard InChI is InChI=1S/C9H11ClN2O3/c1-15-6-7(10)5-8-9(12(13)14)3-2-4-11-8/h2-4,7H,5-6H2,1H3. The molecular formula is C9H11ClN2O3. The lowest BCUT2D eigenvalue weighted by Gasteiger charge is -2.07. The van der Waals surface area contributed by atoms with Crippen LogP contribution in [0.1, 0.15) is 5.69 Å². The maximum atomic E-state index is 10.7. The molecule has 1 aromatic rings. The monoisotopic (exact) mass is 230 g/mol. The summed E-state index contributed by atoms with van der Waals surface area (Å²) in [4.78, 5) is 14.1. The molecular weight excluding hydrogens is 220 g/mol. The van der Waals surface area contributed by atoms with E-state index in [9.17, 15) is 10.1 Å². The van der Waals surface area contributed by atoms with Crippen LogP contribution in [0.4, 0.5) is 5.69 Å². The molecule has 15 heavy (non-hydrogen) atoms. The lowest BCUT2D eigenvalue weighted by atomic mass is 10.2. The number of pyridine rings is 1. The molecule has 0 saturated carbocycles. The molecule has 0 radical (unpaired) electrons. The van der Waals surface area contributed by atoms with Gasteiger partial charge in [-0.05, 0) is 6.07 Å². The van der Waals surface area contributed by atoms with E-state index in [-0.39, 0.29) is 11.1 Å². The van der Waals surface area contributed by atoms with Gasteiger partial charge >= 0.3 is 0 Å². The summed E-state index contributed by atoms with van der Waals surface area (Å²) in [6.07, 6.45) is 1.84. The number of rotatable bonds is 5. The maximum absolute atomic E-state index is 10.7. The average Bonchev–Trinajstić information content (AvgIpc) is 2.18. The van der Waals surface area contributed by atoms with Crippen LogP contribution in [0.15, 0.2) is 18.3 Å². The van der Waals surface area contributed by atoms with E-state index in [2.05, 4.69) is 4.98 Å². The summed E-state index contributed by atoms with van der Waals surface area (Å²) in [5, 5.41) is 10.4. The van der Waals surface area contributed by atoms with Crippen molar-refractivity contribution < 1.29 is 9.66 Å². The van der Waals surface area contributed by atoms with Gasteiger partial charge in [0.15, 0.2) is 0 Å². The molecule has 0 aliphatic rings. The molecule has 0 N–H and O–H groups in total. The second-order valence-corrected chi connectivity index (χ2v) is 3.60. The molecule has 0 amide bonds. The molecule has 1 unspecified atom stereocenters. The second-order valence-electron chi connectivity index (χ2n) is 2.98. The Morgan fingerprint density at radius 3 is 3.07 bits per heavy atom. The summed E-state index contributed by atoms with van der Waals surface area (Å²) in [5.74, 6) is 0. The largest absolute Gasteiger partial charge is 0.383 e. The Balaban J connectivity index is 2.79. The summed E-state index contributed by atoms with van der Waals surface area (Å²) in [6.45, 7) is 0.343. The highest BCUT2D eigenvalue weighted by molar-refractivity contribution is 6.20. The fraction of sp³-hybridized carbons (Fsp3) is 0.444. The predicted molar refractivity (Wildman–Crippen MR) is 56.1 cm³/mol. The molecule has 0 fully saturated rings. The highest BCUT2D eigenvalue weighted by Gasteiger charge is 2.17. The van der Waals surface area contributed by atoms with Gasteiger partial charge in [-0.1, -0.05) is 0 Å². The van der Waals surface area contributed by atoms with E-state index in [0.717, 1.165) is 0 Å². The first kappa shape index (κ1) is 11.9. The van der Waals surface area contributed by atoms with Crippen LogP contribution in [0, 0.1) is 10.1 Å². The smallest absolute Gasteiger partial charge is 0.290 e. The third-order valence-electron chi connectivity index (χ3n) is 1.83. The minimum atomic E-state index is -0.460. The van der Waals surface area contributed by atoms with Gasteiger partial charge in [-0.2, -0.15) is 0 Å². The number of halogens is 1. The molecule has 1 atom stereocenters. The Kier molecular flexibility index (Phi) is 4.45. The lowest BCUT2D eigenvalue weighted by Crippen LogP contribution is -2.12. The quantitative estimate of drug-likeness (QED) is 0.439. The zero-order valence-electron chi connectivity index (χ0n) is 8.22. The zero-order valence-corrected chi connectivity index (χ0v) is 8.98. The predicted octanol–water partition coefficient (Wildman–Crippen LogP) is 1.79. The van der Waals surface area contributed by atoms with Crippen molar-refractivity contribution in [3.63, 3.8) is 0 Å². The summed E-state index contributed by atoms with van der Waals surface area (Å²) < 4.78 is 4.85. The van der Waals surface area contributed by atoms with Crippen molar-refractivity contribution in [2.75, 3.05) is 13.7 Å². The average molecular weight is 231 g/mol. The Bertz CT molecular complexity index is 346. The third kappa shape index (κ3) is 3.45. The fourth-order valence-electron chi connectivity index (χ4n) is 1.20. The molecule has 5 nitrogen and oxygen atoms in total. The molecule has 1 rings (SSSR count). The van der Waals surface area contributed by atoms with Crippen molar-refractivity contribution in [3.05, 3.63) is 34.1 Å². The number of ether oxygens (including phenoxy) is 1. The van der Waals surface area contributed by atoms with Gasteiger partial charge in [0, 0.05) is 25.8 Å². The van der Waals surface area contributed by atoms with Gasteiger partial charge in [-0.25, -0.2) is 0 Å². The van der Waals surface area contributed by atoms with E-state index in [1.807, 2.05) is 0 Å². The first-order valence-corrected chi connectivity index (χ1v) is 4.80. The maximum Gasteiger partial charge on any atom is 0.290 e. The molecule has 0 aliphatic carbocycles. The van der Waals surface area contributed by atoms with Crippen molar-refractivity contribution >= 4 is 17.3 Å². The van der Waals surface area contributed by atoms with Gasteiger partial charge in [0.1, 0.15) is 5.69 Å². The number of methoxy groups -OCH3 is 1. The number of nitro groups is 1. The molecule has 1 heterocycles. The van der Waals surface area contributed by atoms with Crippen LogP contribution in [0.3, 0.4) is 0 Å². The molecule has 1 aromatic heterocycles. The van der Waals surface area contributed by atoms with E-state index in [1.54, 1.807) is 0 Å². The number of hydrogen-bond acceptors (Lipinski definition) is 4. The van der Waals surface area contributed by atoms with Crippen molar-refractivity contribution in [2.45, 2.75) is 11.8 Å². The van der Waals surface area contributed by atoms with Crippen LogP contribution >= 0.6 is 11.6 Å². The molecule has 0 bridgehead atoms. The topological polar surface area (TPSA) is 65.3 Å². The minimum Gasteiger partial charge on any atom is -0.383 e. The summed E-state index contributed by atoms with van der Waals surface area (Å²) in [5.41, 5.74) is 0.388. The molecule has 0 aliphatic heterocycles.